The Morgan fingerprint density at radius 2 is 0.596 bits per heavy atom. The number of hydrogen-bond donors (Lipinski definition) is 0. The van der Waals surface area contributed by atoms with Crippen molar-refractivity contribution in [1.29, 1.82) is 0 Å². The minimum absolute atomic E-state index is 0.0720. The fourth-order valence-corrected chi connectivity index (χ4v) is 6.96. The van der Waals surface area contributed by atoms with Crippen molar-refractivity contribution in [1.82, 2.24) is 0 Å². The standard InChI is InChI=1S/C46H88O6/c1-5-9-13-17-20-21-22-27-34-40-46(49)52-43(37-31-26-23-28-32-38-44(47)50-41-35-29-19-15-11-7-3)42(36-30-25-18-14-10-6-2)51-45(48)39-33-24-16-12-8-4/h42-43H,5-41H2,1-4H3. The number of esters is 3. The molecule has 6 heteroatoms. The predicted octanol–water partition coefficient (Wildman–Crippen LogP) is 14.5. The molecule has 0 saturated heterocycles. The van der Waals surface area contributed by atoms with Gasteiger partial charge >= 0.3 is 17.9 Å². The largest absolute Gasteiger partial charge is 0.466 e. The third kappa shape index (κ3) is 35.4. The van der Waals surface area contributed by atoms with Crippen LogP contribution in [0.25, 0.3) is 0 Å². The van der Waals surface area contributed by atoms with Crippen LogP contribution in [0.4, 0.5) is 0 Å². The van der Waals surface area contributed by atoms with E-state index in [1.807, 2.05) is 0 Å². The molecule has 2 atom stereocenters. The Morgan fingerprint density at radius 3 is 0.942 bits per heavy atom. The number of carbonyl (C=O) groups is 3. The first kappa shape index (κ1) is 50.4. The topological polar surface area (TPSA) is 78.9 Å². The van der Waals surface area contributed by atoms with Gasteiger partial charge in [-0.2, -0.15) is 0 Å². The van der Waals surface area contributed by atoms with E-state index >= 15 is 0 Å². The van der Waals surface area contributed by atoms with Crippen molar-refractivity contribution in [2.75, 3.05) is 6.61 Å². The second-order valence-corrected chi connectivity index (χ2v) is 15.7. The van der Waals surface area contributed by atoms with Gasteiger partial charge in [0.1, 0.15) is 12.2 Å². The Hall–Kier alpha value is -1.59. The first-order chi connectivity index (χ1) is 25.5. The lowest BCUT2D eigenvalue weighted by molar-refractivity contribution is -0.169. The Labute approximate surface area is 323 Å². The van der Waals surface area contributed by atoms with Gasteiger partial charge in [-0.15, -0.1) is 0 Å². The number of hydrogen-bond acceptors (Lipinski definition) is 6. The summed E-state index contributed by atoms with van der Waals surface area (Å²) in [5.41, 5.74) is 0. The Morgan fingerprint density at radius 1 is 0.327 bits per heavy atom. The molecule has 0 bridgehead atoms. The van der Waals surface area contributed by atoms with Crippen molar-refractivity contribution >= 4 is 17.9 Å². The van der Waals surface area contributed by atoms with E-state index in [2.05, 4.69) is 27.7 Å². The van der Waals surface area contributed by atoms with Crippen LogP contribution in [-0.2, 0) is 28.6 Å². The molecule has 6 nitrogen and oxygen atoms in total. The van der Waals surface area contributed by atoms with Crippen molar-refractivity contribution < 1.29 is 28.6 Å². The highest BCUT2D eigenvalue weighted by molar-refractivity contribution is 5.70. The van der Waals surface area contributed by atoms with Crippen molar-refractivity contribution in [3.63, 3.8) is 0 Å². The molecule has 0 aromatic carbocycles. The van der Waals surface area contributed by atoms with Crippen LogP contribution in [0.2, 0.25) is 0 Å². The second-order valence-electron chi connectivity index (χ2n) is 15.7. The first-order valence-corrected chi connectivity index (χ1v) is 23.0. The fourth-order valence-electron chi connectivity index (χ4n) is 6.96. The number of unbranched alkanes of at least 4 members (excludes halogenated alkanes) is 26. The van der Waals surface area contributed by atoms with Crippen LogP contribution in [0, 0.1) is 0 Å². The van der Waals surface area contributed by atoms with Gasteiger partial charge in [0.2, 0.25) is 0 Å². The predicted molar refractivity (Wildman–Crippen MR) is 220 cm³/mol. The average molecular weight is 737 g/mol. The normalized spacial score (nSPS) is 12.5. The molecule has 0 aromatic rings. The molecule has 0 rings (SSSR count). The maximum Gasteiger partial charge on any atom is 0.306 e. The first-order valence-electron chi connectivity index (χ1n) is 23.0. The van der Waals surface area contributed by atoms with Crippen LogP contribution in [0.5, 0.6) is 0 Å². The zero-order valence-corrected chi connectivity index (χ0v) is 35.3. The van der Waals surface area contributed by atoms with Gasteiger partial charge in [0, 0.05) is 19.3 Å². The van der Waals surface area contributed by atoms with Crippen LogP contribution in [0.15, 0.2) is 0 Å². The smallest absolute Gasteiger partial charge is 0.306 e. The summed E-state index contributed by atoms with van der Waals surface area (Å²) >= 11 is 0. The van der Waals surface area contributed by atoms with E-state index in [1.165, 1.54) is 109 Å². The summed E-state index contributed by atoms with van der Waals surface area (Å²) in [5, 5.41) is 0. The van der Waals surface area contributed by atoms with Gasteiger partial charge in [0.15, 0.2) is 0 Å². The molecular formula is C46H88O6. The van der Waals surface area contributed by atoms with Gasteiger partial charge in [0.05, 0.1) is 6.61 Å². The van der Waals surface area contributed by atoms with E-state index in [-0.39, 0.29) is 30.1 Å². The van der Waals surface area contributed by atoms with Crippen molar-refractivity contribution in [2.24, 2.45) is 0 Å². The van der Waals surface area contributed by atoms with E-state index in [9.17, 15) is 14.4 Å². The molecule has 0 spiro atoms. The van der Waals surface area contributed by atoms with Crippen LogP contribution < -0.4 is 0 Å². The second kappa shape index (κ2) is 40.6. The Balaban J connectivity index is 4.97. The molecule has 0 aliphatic rings. The molecule has 0 aromatic heterocycles. The lowest BCUT2D eigenvalue weighted by atomic mass is 9.99. The van der Waals surface area contributed by atoms with Crippen LogP contribution in [0.1, 0.15) is 259 Å². The van der Waals surface area contributed by atoms with Crippen molar-refractivity contribution in [3.05, 3.63) is 0 Å². The number of ether oxygens (including phenoxy) is 3. The molecule has 52 heavy (non-hydrogen) atoms. The zero-order chi connectivity index (χ0) is 38.2. The molecule has 308 valence electrons. The van der Waals surface area contributed by atoms with Crippen LogP contribution >= 0.6 is 0 Å². The maximum absolute atomic E-state index is 13.2. The van der Waals surface area contributed by atoms with Crippen LogP contribution in [0.3, 0.4) is 0 Å². The van der Waals surface area contributed by atoms with Gasteiger partial charge in [-0.3, -0.25) is 14.4 Å². The maximum atomic E-state index is 13.2. The summed E-state index contributed by atoms with van der Waals surface area (Å²) in [4.78, 5) is 38.4. The molecule has 0 aliphatic heterocycles. The third-order valence-electron chi connectivity index (χ3n) is 10.4. The summed E-state index contributed by atoms with van der Waals surface area (Å²) in [6.07, 6.45) is 37.4. The molecular weight excluding hydrogens is 649 g/mol. The van der Waals surface area contributed by atoms with Gasteiger partial charge in [-0.05, 0) is 51.4 Å². The Kier molecular flexibility index (Phi) is 39.4. The molecule has 0 aliphatic carbocycles. The number of carbonyl (C=O) groups excluding carboxylic acids is 3. The lowest BCUT2D eigenvalue weighted by Gasteiger charge is -2.27. The van der Waals surface area contributed by atoms with Crippen LogP contribution in [-0.4, -0.2) is 36.7 Å². The fraction of sp³-hybridized carbons (Fsp3) is 0.935. The molecule has 2 unspecified atom stereocenters. The third-order valence-corrected chi connectivity index (χ3v) is 10.4. The highest BCUT2D eigenvalue weighted by atomic mass is 16.6. The van der Waals surface area contributed by atoms with E-state index in [0.717, 1.165) is 96.3 Å². The Bertz CT molecular complexity index is 783. The zero-order valence-electron chi connectivity index (χ0n) is 35.3. The van der Waals surface area contributed by atoms with Gasteiger partial charge in [-0.25, -0.2) is 0 Å². The molecule has 0 radical (unpaired) electrons. The van der Waals surface area contributed by atoms with Gasteiger partial charge in [-0.1, -0.05) is 188 Å². The minimum Gasteiger partial charge on any atom is -0.466 e. The molecule has 0 N–H and O–H groups in total. The average Bonchev–Trinajstić information content (AvgIpc) is 3.13. The van der Waals surface area contributed by atoms with E-state index in [4.69, 9.17) is 14.2 Å². The van der Waals surface area contributed by atoms with E-state index in [0.29, 0.717) is 32.3 Å². The molecule has 0 heterocycles. The summed E-state index contributed by atoms with van der Waals surface area (Å²) in [6.45, 7) is 9.46. The minimum atomic E-state index is -0.386. The summed E-state index contributed by atoms with van der Waals surface area (Å²) < 4.78 is 17.8. The lowest BCUT2D eigenvalue weighted by Crippen LogP contribution is -2.35. The van der Waals surface area contributed by atoms with E-state index in [1.54, 1.807) is 0 Å². The highest BCUT2D eigenvalue weighted by Crippen LogP contribution is 2.23. The van der Waals surface area contributed by atoms with Crippen molar-refractivity contribution in [2.45, 2.75) is 271 Å². The molecule has 0 fully saturated rings. The summed E-state index contributed by atoms with van der Waals surface area (Å²) in [6, 6.07) is 0. The van der Waals surface area contributed by atoms with Gasteiger partial charge < -0.3 is 14.2 Å². The summed E-state index contributed by atoms with van der Waals surface area (Å²) in [5.74, 6) is -0.357. The number of rotatable bonds is 41. The summed E-state index contributed by atoms with van der Waals surface area (Å²) in [7, 11) is 0. The quantitative estimate of drug-likeness (QED) is 0.0353. The van der Waals surface area contributed by atoms with Crippen molar-refractivity contribution in [3.8, 4) is 0 Å². The SMILES string of the molecule is CCCCCCCCCCCC(=O)OC(CCCCCCCC(=O)OCCCCCCCC)C(CCCCCCCC)OC(=O)CCCCCCC. The highest BCUT2D eigenvalue weighted by Gasteiger charge is 2.28. The van der Waals surface area contributed by atoms with Gasteiger partial charge in [0.25, 0.3) is 0 Å². The monoisotopic (exact) mass is 737 g/mol. The molecule has 0 saturated carbocycles. The van der Waals surface area contributed by atoms with E-state index < -0.39 is 0 Å². The molecule has 0 amide bonds.